The Labute approximate surface area is 176 Å². The van der Waals surface area contributed by atoms with Crippen molar-refractivity contribution in [2.75, 3.05) is 12.5 Å². The smallest absolute Gasteiger partial charge is 0.0148 e. The van der Waals surface area contributed by atoms with Crippen LogP contribution < -0.4 is 0 Å². The van der Waals surface area contributed by atoms with Crippen LogP contribution in [0, 0.1) is 13.8 Å². The number of hydrogen-bond acceptors (Lipinski definition) is 2. The van der Waals surface area contributed by atoms with E-state index in [9.17, 15) is 0 Å². The van der Waals surface area contributed by atoms with Crippen LogP contribution in [0.25, 0.3) is 33.7 Å². The van der Waals surface area contributed by atoms with Gasteiger partial charge in [-0.05, 0) is 83.3 Å². The highest BCUT2D eigenvalue weighted by Crippen LogP contribution is 2.32. The molecule has 0 nitrogen and oxygen atoms in total. The van der Waals surface area contributed by atoms with Crippen molar-refractivity contribution in [1.29, 1.82) is 0 Å². The Kier molecular flexibility index (Phi) is 5.52. The minimum atomic E-state index is 1.28. The van der Waals surface area contributed by atoms with Gasteiger partial charge in [-0.2, -0.15) is 0 Å². The van der Waals surface area contributed by atoms with Crippen LogP contribution >= 0.6 is 23.5 Å². The van der Waals surface area contributed by atoms with Gasteiger partial charge in [0.2, 0.25) is 0 Å². The first-order chi connectivity index (χ1) is 13.6. The van der Waals surface area contributed by atoms with Crippen molar-refractivity contribution in [3.05, 3.63) is 82.9 Å². The van der Waals surface area contributed by atoms with E-state index in [1.165, 1.54) is 53.6 Å². The van der Waals surface area contributed by atoms with Gasteiger partial charge in [0.25, 0.3) is 0 Å². The molecule has 0 aliphatic rings. The van der Waals surface area contributed by atoms with Crippen LogP contribution in [0.1, 0.15) is 22.3 Å². The van der Waals surface area contributed by atoms with E-state index >= 15 is 0 Å². The molecule has 0 unspecified atom stereocenters. The molecule has 140 valence electrons. The average molecular weight is 401 g/mol. The van der Waals surface area contributed by atoms with Gasteiger partial charge in [-0.15, -0.1) is 23.5 Å². The second-order valence-corrected chi connectivity index (χ2v) is 8.92. The first-order valence-corrected chi connectivity index (χ1v) is 11.9. The van der Waals surface area contributed by atoms with Gasteiger partial charge >= 0.3 is 0 Å². The molecule has 0 aliphatic heterocycles. The van der Waals surface area contributed by atoms with Crippen molar-refractivity contribution in [3.63, 3.8) is 0 Å². The summed E-state index contributed by atoms with van der Waals surface area (Å²) in [6.45, 7) is 4.30. The largest absolute Gasteiger partial charge is 0.129 e. The second kappa shape index (κ2) is 8.06. The number of fused-ring (bicyclic) bond motifs is 2. The molecule has 0 fully saturated rings. The quantitative estimate of drug-likeness (QED) is 0.250. The molecule has 0 aliphatic carbocycles. The lowest BCUT2D eigenvalue weighted by molar-refractivity contribution is 1.43. The zero-order valence-electron chi connectivity index (χ0n) is 16.7. The molecule has 0 spiro atoms. The van der Waals surface area contributed by atoms with E-state index in [-0.39, 0.29) is 0 Å². The van der Waals surface area contributed by atoms with E-state index in [2.05, 4.69) is 99.2 Å². The summed E-state index contributed by atoms with van der Waals surface area (Å²) in [4.78, 5) is 2.63. The summed E-state index contributed by atoms with van der Waals surface area (Å²) in [5, 5.41) is 5.21. The predicted molar refractivity (Wildman–Crippen MR) is 130 cm³/mol. The van der Waals surface area contributed by atoms with Crippen molar-refractivity contribution >= 4 is 57.2 Å². The van der Waals surface area contributed by atoms with Crippen LogP contribution in [0.2, 0.25) is 0 Å². The summed E-state index contributed by atoms with van der Waals surface area (Å²) < 4.78 is 0. The Morgan fingerprint density at radius 2 is 0.964 bits per heavy atom. The lowest BCUT2D eigenvalue weighted by Gasteiger charge is -2.09. The molecular formula is C26H24S2. The fraction of sp³-hybridized carbons (Fsp3) is 0.154. The van der Waals surface area contributed by atoms with Crippen LogP contribution in [0.5, 0.6) is 0 Å². The molecule has 0 aromatic heterocycles. The molecule has 0 radical (unpaired) electrons. The van der Waals surface area contributed by atoms with E-state index in [1.54, 1.807) is 0 Å². The third-order valence-electron chi connectivity index (χ3n) is 5.13. The van der Waals surface area contributed by atoms with Gasteiger partial charge in [-0.1, -0.05) is 59.7 Å². The molecule has 0 heterocycles. The first-order valence-electron chi connectivity index (χ1n) is 9.42. The molecule has 0 bridgehead atoms. The Morgan fingerprint density at radius 1 is 0.536 bits per heavy atom. The molecule has 0 amide bonds. The third-order valence-corrected chi connectivity index (χ3v) is 6.72. The molecule has 0 saturated carbocycles. The van der Waals surface area contributed by atoms with Gasteiger partial charge in [0.1, 0.15) is 0 Å². The summed E-state index contributed by atoms with van der Waals surface area (Å²) in [7, 11) is 0. The highest BCUT2D eigenvalue weighted by atomic mass is 32.2. The van der Waals surface area contributed by atoms with Crippen molar-refractivity contribution in [2.45, 2.75) is 23.6 Å². The maximum absolute atomic E-state index is 2.31. The molecule has 2 heteroatoms. The molecule has 4 rings (SSSR count). The van der Waals surface area contributed by atoms with Crippen LogP contribution in [-0.2, 0) is 0 Å². The molecule has 4 aromatic rings. The maximum atomic E-state index is 2.31. The van der Waals surface area contributed by atoms with Gasteiger partial charge in [0, 0.05) is 9.79 Å². The van der Waals surface area contributed by atoms with Crippen LogP contribution in [0.3, 0.4) is 0 Å². The SMILES string of the molecule is CSc1cc2cc(C)ccc2cc1C=Cc1cc2ccc(C)cc2cc1SC. The van der Waals surface area contributed by atoms with Crippen LogP contribution in [0.15, 0.2) is 70.5 Å². The van der Waals surface area contributed by atoms with Gasteiger partial charge < -0.3 is 0 Å². The Balaban J connectivity index is 1.80. The highest BCUT2D eigenvalue weighted by molar-refractivity contribution is 7.99. The van der Waals surface area contributed by atoms with Crippen molar-refractivity contribution in [1.82, 2.24) is 0 Å². The zero-order chi connectivity index (χ0) is 19.7. The standard InChI is InChI=1S/C26H24S2/c1-17-5-7-19-13-21(25(27-3)15-23(19)11-17)9-10-22-14-20-8-6-18(2)12-24(20)16-26(22)28-4/h5-16H,1-4H3. The van der Waals surface area contributed by atoms with E-state index in [0.717, 1.165) is 0 Å². The number of hydrogen-bond donors (Lipinski definition) is 0. The van der Waals surface area contributed by atoms with E-state index in [4.69, 9.17) is 0 Å². The van der Waals surface area contributed by atoms with Gasteiger partial charge in [0.15, 0.2) is 0 Å². The van der Waals surface area contributed by atoms with E-state index < -0.39 is 0 Å². The normalized spacial score (nSPS) is 11.7. The maximum Gasteiger partial charge on any atom is 0.0148 e. The number of benzene rings is 4. The topological polar surface area (TPSA) is 0 Å². The molecule has 0 saturated heterocycles. The van der Waals surface area contributed by atoms with E-state index in [0.29, 0.717) is 0 Å². The van der Waals surface area contributed by atoms with Gasteiger partial charge in [0.05, 0.1) is 0 Å². The van der Waals surface area contributed by atoms with Crippen molar-refractivity contribution in [3.8, 4) is 0 Å². The monoisotopic (exact) mass is 400 g/mol. The molecular weight excluding hydrogens is 376 g/mol. The molecule has 4 aromatic carbocycles. The predicted octanol–water partition coefficient (Wildman–Crippen LogP) is 8.22. The third kappa shape index (κ3) is 3.85. The molecule has 0 atom stereocenters. The first kappa shape index (κ1) is 19.2. The van der Waals surface area contributed by atoms with Crippen molar-refractivity contribution in [2.24, 2.45) is 0 Å². The lowest BCUT2D eigenvalue weighted by atomic mass is 10.0. The summed E-state index contributed by atoms with van der Waals surface area (Å²) in [5.74, 6) is 0. The number of aryl methyl sites for hydroxylation is 2. The average Bonchev–Trinajstić information content (AvgIpc) is 2.70. The summed E-state index contributed by atoms with van der Waals surface area (Å²) >= 11 is 3.62. The van der Waals surface area contributed by atoms with Crippen molar-refractivity contribution < 1.29 is 0 Å². The molecule has 28 heavy (non-hydrogen) atoms. The minimum absolute atomic E-state index is 1.28. The van der Waals surface area contributed by atoms with E-state index in [1.807, 2.05) is 23.5 Å². The number of thioether (sulfide) groups is 2. The summed E-state index contributed by atoms with van der Waals surface area (Å²) in [5.41, 5.74) is 5.16. The van der Waals surface area contributed by atoms with Crippen LogP contribution in [0.4, 0.5) is 0 Å². The lowest BCUT2D eigenvalue weighted by Crippen LogP contribution is -1.85. The second-order valence-electron chi connectivity index (χ2n) is 7.22. The summed E-state index contributed by atoms with van der Waals surface area (Å²) in [6.07, 6.45) is 8.83. The Morgan fingerprint density at radius 3 is 1.36 bits per heavy atom. The number of rotatable bonds is 4. The Bertz CT molecular complexity index is 1110. The van der Waals surface area contributed by atoms with Crippen LogP contribution in [-0.4, -0.2) is 12.5 Å². The Hall–Kier alpha value is -2.16. The van der Waals surface area contributed by atoms with Gasteiger partial charge in [-0.3, -0.25) is 0 Å². The molecule has 0 N–H and O–H groups in total. The highest BCUT2D eigenvalue weighted by Gasteiger charge is 2.05. The summed E-state index contributed by atoms with van der Waals surface area (Å²) in [6, 6.07) is 22.6. The van der Waals surface area contributed by atoms with Gasteiger partial charge in [-0.25, -0.2) is 0 Å². The zero-order valence-corrected chi connectivity index (χ0v) is 18.4. The fourth-order valence-electron chi connectivity index (χ4n) is 3.62. The minimum Gasteiger partial charge on any atom is -0.129 e. The fourth-order valence-corrected chi connectivity index (χ4v) is 4.84.